The summed E-state index contributed by atoms with van der Waals surface area (Å²) in [5, 5.41) is 6.50. The Labute approximate surface area is 159 Å². The molecular formula is C21H24N4O2. The smallest absolute Gasteiger partial charge is 0.226 e. The van der Waals surface area contributed by atoms with Crippen LogP contribution < -0.4 is 15.4 Å². The van der Waals surface area contributed by atoms with Crippen LogP contribution in [0, 0.1) is 0 Å². The normalized spacial score (nSPS) is 11.2. The first kappa shape index (κ1) is 18.5. The van der Waals surface area contributed by atoms with Gasteiger partial charge in [0.2, 0.25) is 5.89 Å². The summed E-state index contributed by atoms with van der Waals surface area (Å²) in [4.78, 5) is 8.72. The number of aliphatic imine (C=N–C) groups is 1. The number of nitrogens with one attached hydrogen (secondary N) is 2. The first-order valence-corrected chi connectivity index (χ1v) is 8.97. The third-order valence-electron chi connectivity index (χ3n) is 3.86. The van der Waals surface area contributed by atoms with E-state index in [0.29, 0.717) is 19.0 Å². The van der Waals surface area contributed by atoms with Gasteiger partial charge in [-0.05, 0) is 30.7 Å². The van der Waals surface area contributed by atoms with E-state index < -0.39 is 0 Å². The number of oxazole rings is 1. The lowest BCUT2D eigenvalue weighted by molar-refractivity contribution is 0.311. The summed E-state index contributed by atoms with van der Waals surface area (Å²) in [6.07, 6.45) is 2.54. The minimum atomic E-state index is 0.538. The SMILES string of the molecule is CN=C(NCCCOc1ccccc1)NCc1coc(-c2ccccc2)n1. The summed E-state index contributed by atoms with van der Waals surface area (Å²) in [5.41, 5.74) is 1.79. The van der Waals surface area contributed by atoms with Crippen LogP contribution in [0.4, 0.5) is 0 Å². The second-order valence-electron chi connectivity index (χ2n) is 5.88. The van der Waals surface area contributed by atoms with Crippen molar-refractivity contribution in [1.82, 2.24) is 15.6 Å². The Morgan fingerprint density at radius 2 is 1.78 bits per heavy atom. The minimum absolute atomic E-state index is 0.538. The van der Waals surface area contributed by atoms with Crippen molar-refractivity contribution >= 4 is 5.96 Å². The lowest BCUT2D eigenvalue weighted by Crippen LogP contribution is -2.37. The zero-order valence-electron chi connectivity index (χ0n) is 15.4. The largest absolute Gasteiger partial charge is 0.494 e. The van der Waals surface area contributed by atoms with E-state index in [1.54, 1.807) is 13.3 Å². The molecule has 0 atom stereocenters. The molecule has 140 valence electrons. The Morgan fingerprint density at radius 1 is 1.04 bits per heavy atom. The number of aromatic nitrogens is 1. The molecule has 0 spiro atoms. The molecule has 2 N–H and O–H groups in total. The van der Waals surface area contributed by atoms with E-state index in [9.17, 15) is 0 Å². The van der Waals surface area contributed by atoms with Gasteiger partial charge in [-0.25, -0.2) is 4.98 Å². The Hall–Kier alpha value is -3.28. The zero-order valence-corrected chi connectivity index (χ0v) is 15.4. The number of hydrogen-bond acceptors (Lipinski definition) is 4. The van der Waals surface area contributed by atoms with Crippen LogP contribution in [-0.4, -0.2) is 31.1 Å². The molecule has 0 aliphatic rings. The Balaban J connectivity index is 1.37. The molecule has 6 nitrogen and oxygen atoms in total. The average Bonchev–Trinajstić information content (AvgIpc) is 3.20. The summed E-state index contributed by atoms with van der Waals surface area (Å²) >= 11 is 0. The van der Waals surface area contributed by atoms with E-state index in [4.69, 9.17) is 9.15 Å². The van der Waals surface area contributed by atoms with Crippen molar-refractivity contribution in [3.63, 3.8) is 0 Å². The fraction of sp³-hybridized carbons (Fsp3) is 0.238. The van der Waals surface area contributed by atoms with Crippen molar-refractivity contribution in [2.45, 2.75) is 13.0 Å². The molecule has 0 unspecified atom stereocenters. The first-order valence-electron chi connectivity index (χ1n) is 8.97. The van der Waals surface area contributed by atoms with Crippen LogP contribution in [0.15, 0.2) is 76.3 Å². The van der Waals surface area contributed by atoms with Crippen LogP contribution in [0.2, 0.25) is 0 Å². The molecule has 0 amide bonds. The van der Waals surface area contributed by atoms with E-state index in [2.05, 4.69) is 20.6 Å². The van der Waals surface area contributed by atoms with E-state index in [-0.39, 0.29) is 0 Å². The zero-order chi connectivity index (χ0) is 18.7. The van der Waals surface area contributed by atoms with Crippen molar-refractivity contribution < 1.29 is 9.15 Å². The predicted octanol–water partition coefficient (Wildman–Crippen LogP) is 3.48. The molecule has 0 saturated carbocycles. The molecule has 0 bridgehead atoms. The van der Waals surface area contributed by atoms with Gasteiger partial charge in [-0.3, -0.25) is 4.99 Å². The molecule has 0 saturated heterocycles. The summed E-state index contributed by atoms with van der Waals surface area (Å²) in [6, 6.07) is 19.7. The highest BCUT2D eigenvalue weighted by Gasteiger charge is 2.06. The quantitative estimate of drug-likeness (QED) is 0.364. The highest BCUT2D eigenvalue weighted by Crippen LogP contribution is 2.17. The van der Waals surface area contributed by atoms with E-state index in [0.717, 1.165) is 35.9 Å². The molecule has 1 aromatic heterocycles. The second-order valence-corrected chi connectivity index (χ2v) is 5.88. The molecule has 0 aliphatic heterocycles. The fourth-order valence-electron chi connectivity index (χ4n) is 2.48. The number of rotatable bonds is 8. The fourth-order valence-corrected chi connectivity index (χ4v) is 2.48. The molecule has 3 rings (SSSR count). The number of benzene rings is 2. The lowest BCUT2D eigenvalue weighted by Gasteiger charge is -2.11. The maximum absolute atomic E-state index is 5.67. The number of guanidine groups is 1. The topological polar surface area (TPSA) is 71.7 Å². The van der Waals surface area contributed by atoms with Crippen molar-refractivity contribution in [1.29, 1.82) is 0 Å². The summed E-state index contributed by atoms with van der Waals surface area (Å²) < 4.78 is 11.2. The Kier molecular flexibility index (Phi) is 6.86. The van der Waals surface area contributed by atoms with Gasteiger partial charge in [0.15, 0.2) is 5.96 Å². The molecule has 6 heteroatoms. The Bertz CT molecular complexity index is 832. The molecule has 0 aliphatic carbocycles. The van der Waals surface area contributed by atoms with Crippen molar-refractivity contribution in [2.24, 2.45) is 4.99 Å². The van der Waals surface area contributed by atoms with Crippen molar-refractivity contribution in [3.8, 4) is 17.2 Å². The van der Waals surface area contributed by atoms with E-state index >= 15 is 0 Å². The lowest BCUT2D eigenvalue weighted by atomic mass is 10.2. The van der Waals surface area contributed by atoms with Gasteiger partial charge in [0, 0.05) is 19.2 Å². The maximum atomic E-state index is 5.67. The first-order chi connectivity index (χ1) is 13.3. The molecule has 1 heterocycles. The Morgan fingerprint density at radius 3 is 2.52 bits per heavy atom. The van der Waals surface area contributed by atoms with Gasteiger partial charge >= 0.3 is 0 Å². The van der Waals surface area contributed by atoms with Crippen LogP contribution >= 0.6 is 0 Å². The second kappa shape index (κ2) is 10.0. The van der Waals surface area contributed by atoms with E-state index in [1.165, 1.54) is 0 Å². The monoisotopic (exact) mass is 364 g/mol. The summed E-state index contributed by atoms with van der Waals surface area (Å²) in [5.74, 6) is 2.23. The molecular weight excluding hydrogens is 340 g/mol. The molecule has 3 aromatic rings. The predicted molar refractivity (Wildman–Crippen MR) is 107 cm³/mol. The van der Waals surface area contributed by atoms with Crippen LogP contribution in [0.25, 0.3) is 11.5 Å². The van der Waals surface area contributed by atoms with E-state index in [1.807, 2.05) is 60.7 Å². The number of hydrogen-bond donors (Lipinski definition) is 2. The third-order valence-corrected chi connectivity index (χ3v) is 3.86. The number of para-hydroxylation sites is 1. The molecule has 27 heavy (non-hydrogen) atoms. The van der Waals surface area contributed by atoms with Crippen LogP contribution in [0.1, 0.15) is 12.1 Å². The summed E-state index contributed by atoms with van der Waals surface area (Å²) in [6.45, 7) is 1.95. The van der Waals surface area contributed by atoms with Gasteiger partial charge in [-0.2, -0.15) is 0 Å². The van der Waals surface area contributed by atoms with Gasteiger partial charge in [0.05, 0.1) is 18.8 Å². The number of nitrogens with zero attached hydrogens (tertiary/aromatic N) is 2. The molecule has 2 aromatic carbocycles. The van der Waals surface area contributed by atoms with Crippen molar-refractivity contribution in [3.05, 3.63) is 72.6 Å². The van der Waals surface area contributed by atoms with Crippen LogP contribution in [-0.2, 0) is 6.54 Å². The van der Waals surface area contributed by atoms with Crippen LogP contribution in [0.5, 0.6) is 5.75 Å². The average molecular weight is 364 g/mol. The summed E-state index contributed by atoms with van der Waals surface area (Å²) in [7, 11) is 1.74. The van der Waals surface area contributed by atoms with Gasteiger partial charge in [-0.1, -0.05) is 36.4 Å². The van der Waals surface area contributed by atoms with Gasteiger partial charge in [0.1, 0.15) is 12.0 Å². The standard InChI is InChI=1S/C21H24N4O2/c1-22-21(23-13-8-14-26-19-11-6-3-7-12-19)24-15-18-16-27-20(25-18)17-9-4-2-5-10-17/h2-7,9-12,16H,8,13-15H2,1H3,(H2,22,23,24). The maximum Gasteiger partial charge on any atom is 0.226 e. The van der Waals surface area contributed by atoms with Crippen LogP contribution in [0.3, 0.4) is 0 Å². The third kappa shape index (κ3) is 5.88. The van der Waals surface area contributed by atoms with Gasteiger partial charge < -0.3 is 19.8 Å². The molecule has 0 fully saturated rings. The van der Waals surface area contributed by atoms with Gasteiger partial charge in [0.25, 0.3) is 0 Å². The van der Waals surface area contributed by atoms with Crippen molar-refractivity contribution in [2.75, 3.05) is 20.2 Å². The molecule has 0 radical (unpaired) electrons. The highest BCUT2D eigenvalue weighted by molar-refractivity contribution is 5.79. The number of ether oxygens (including phenoxy) is 1. The minimum Gasteiger partial charge on any atom is -0.494 e. The highest BCUT2D eigenvalue weighted by atomic mass is 16.5. The van der Waals surface area contributed by atoms with Gasteiger partial charge in [-0.15, -0.1) is 0 Å².